The molecule has 1 aliphatic rings. The van der Waals surface area contributed by atoms with E-state index < -0.39 is 0 Å². The van der Waals surface area contributed by atoms with Crippen LogP contribution in [0.1, 0.15) is 12.0 Å². The first-order valence-electron chi connectivity index (χ1n) is 5.76. The van der Waals surface area contributed by atoms with E-state index in [-0.39, 0.29) is 10.6 Å². The Bertz CT molecular complexity index is 414. The van der Waals surface area contributed by atoms with Crippen LogP contribution >= 0.6 is 0 Å². The first kappa shape index (κ1) is 11.9. The fourth-order valence-electron chi connectivity index (χ4n) is 2.02. The summed E-state index contributed by atoms with van der Waals surface area (Å²) in [5.74, 6) is 1.12. The van der Waals surface area contributed by atoms with Crippen LogP contribution in [-0.2, 0) is 0 Å². The molecule has 0 aromatic heterocycles. The minimum Gasteiger partial charge on any atom is -0.493 e. The summed E-state index contributed by atoms with van der Waals surface area (Å²) in [6, 6.07) is 4.94. The molecule has 2 rings (SSSR count). The Morgan fingerprint density at radius 2 is 2.41 bits per heavy atom. The molecule has 1 N–H and O–H groups in total. The standard InChI is InChI=1S/C12H16N2O3/c1-9-11(14(15)16)3-2-4-12(9)17-8-10-5-6-13-7-10/h2-4,10,13H,5-8H2,1H3. The molecule has 5 nitrogen and oxygen atoms in total. The van der Waals surface area contributed by atoms with Gasteiger partial charge in [0.1, 0.15) is 5.75 Å². The Kier molecular flexibility index (Phi) is 3.58. The van der Waals surface area contributed by atoms with Crippen molar-refractivity contribution < 1.29 is 9.66 Å². The monoisotopic (exact) mass is 236 g/mol. The van der Waals surface area contributed by atoms with E-state index in [0.717, 1.165) is 19.5 Å². The number of ether oxygens (including phenoxy) is 1. The molecule has 92 valence electrons. The smallest absolute Gasteiger partial charge is 0.276 e. The number of nitrogens with zero attached hydrogens (tertiary/aromatic N) is 1. The molecule has 1 aromatic rings. The lowest BCUT2D eigenvalue weighted by atomic mass is 10.1. The molecule has 0 amide bonds. The Balaban J connectivity index is 2.04. The van der Waals surface area contributed by atoms with Gasteiger partial charge in [-0.15, -0.1) is 0 Å². The minimum absolute atomic E-state index is 0.118. The number of hydrogen-bond donors (Lipinski definition) is 1. The van der Waals surface area contributed by atoms with Crippen molar-refractivity contribution in [2.24, 2.45) is 5.92 Å². The molecular formula is C12H16N2O3. The van der Waals surface area contributed by atoms with Crippen molar-refractivity contribution in [1.29, 1.82) is 0 Å². The Morgan fingerprint density at radius 3 is 3.06 bits per heavy atom. The van der Waals surface area contributed by atoms with Gasteiger partial charge in [0, 0.05) is 18.5 Å². The lowest BCUT2D eigenvalue weighted by molar-refractivity contribution is -0.385. The van der Waals surface area contributed by atoms with Gasteiger partial charge in [-0.2, -0.15) is 0 Å². The number of rotatable bonds is 4. The van der Waals surface area contributed by atoms with Crippen LogP contribution in [0.3, 0.4) is 0 Å². The topological polar surface area (TPSA) is 64.4 Å². The fourth-order valence-corrected chi connectivity index (χ4v) is 2.02. The molecule has 1 unspecified atom stereocenters. The minimum atomic E-state index is -0.376. The van der Waals surface area contributed by atoms with Crippen molar-refractivity contribution in [3.05, 3.63) is 33.9 Å². The lowest BCUT2D eigenvalue weighted by Crippen LogP contribution is -2.15. The van der Waals surface area contributed by atoms with Gasteiger partial charge in [-0.25, -0.2) is 0 Å². The van der Waals surface area contributed by atoms with E-state index in [9.17, 15) is 10.1 Å². The van der Waals surface area contributed by atoms with Gasteiger partial charge in [-0.1, -0.05) is 6.07 Å². The predicted molar refractivity (Wildman–Crippen MR) is 64.3 cm³/mol. The zero-order valence-corrected chi connectivity index (χ0v) is 9.81. The van der Waals surface area contributed by atoms with E-state index in [0.29, 0.717) is 23.8 Å². The van der Waals surface area contributed by atoms with Crippen molar-refractivity contribution in [2.45, 2.75) is 13.3 Å². The molecule has 1 saturated heterocycles. The number of nitro benzene ring substituents is 1. The molecule has 1 aromatic carbocycles. The van der Waals surface area contributed by atoms with Crippen LogP contribution in [0.5, 0.6) is 5.75 Å². The molecule has 5 heteroatoms. The van der Waals surface area contributed by atoms with Crippen molar-refractivity contribution in [1.82, 2.24) is 5.32 Å². The fraction of sp³-hybridized carbons (Fsp3) is 0.500. The van der Waals surface area contributed by atoms with Gasteiger partial charge in [0.2, 0.25) is 0 Å². The summed E-state index contributed by atoms with van der Waals surface area (Å²) in [5, 5.41) is 14.0. The van der Waals surface area contributed by atoms with Crippen LogP contribution in [0.4, 0.5) is 5.69 Å². The van der Waals surface area contributed by atoms with E-state index in [1.165, 1.54) is 6.07 Å². The summed E-state index contributed by atoms with van der Waals surface area (Å²) in [7, 11) is 0. The first-order valence-corrected chi connectivity index (χ1v) is 5.76. The zero-order valence-electron chi connectivity index (χ0n) is 9.81. The molecule has 1 fully saturated rings. The highest BCUT2D eigenvalue weighted by atomic mass is 16.6. The highest BCUT2D eigenvalue weighted by Crippen LogP contribution is 2.27. The number of benzene rings is 1. The molecule has 1 atom stereocenters. The van der Waals surface area contributed by atoms with E-state index in [2.05, 4.69) is 5.32 Å². The molecule has 0 saturated carbocycles. The summed E-state index contributed by atoms with van der Waals surface area (Å²) >= 11 is 0. The second-order valence-electron chi connectivity index (χ2n) is 4.33. The van der Waals surface area contributed by atoms with E-state index in [4.69, 9.17) is 4.74 Å². The first-order chi connectivity index (χ1) is 8.18. The maximum atomic E-state index is 10.8. The largest absolute Gasteiger partial charge is 0.493 e. The summed E-state index contributed by atoms with van der Waals surface area (Å²) in [5.41, 5.74) is 0.718. The van der Waals surface area contributed by atoms with Gasteiger partial charge in [0.25, 0.3) is 5.69 Å². The highest BCUT2D eigenvalue weighted by molar-refractivity contribution is 5.48. The normalized spacial score (nSPS) is 19.2. The second-order valence-corrected chi connectivity index (χ2v) is 4.33. The highest BCUT2D eigenvalue weighted by Gasteiger charge is 2.18. The number of nitrogens with one attached hydrogen (secondary N) is 1. The SMILES string of the molecule is Cc1c(OCC2CCNC2)cccc1[N+](=O)[O-]. The molecule has 0 spiro atoms. The second kappa shape index (κ2) is 5.14. The van der Waals surface area contributed by atoms with Crippen LogP contribution in [-0.4, -0.2) is 24.6 Å². The predicted octanol–water partition coefficient (Wildman–Crippen LogP) is 1.89. The molecule has 1 heterocycles. The van der Waals surface area contributed by atoms with Crippen molar-refractivity contribution in [3.8, 4) is 5.75 Å². The van der Waals surface area contributed by atoms with E-state index in [1.807, 2.05) is 0 Å². The molecule has 0 bridgehead atoms. The molecular weight excluding hydrogens is 220 g/mol. The number of hydrogen-bond acceptors (Lipinski definition) is 4. The summed E-state index contributed by atoms with van der Waals surface area (Å²) in [4.78, 5) is 10.4. The van der Waals surface area contributed by atoms with Gasteiger partial charge in [0.15, 0.2) is 0 Å². The van der Waals surface area contributed by atoms with Crippen LogP contribution in [0.25, 0.3) is 0 Å². The molecule has 17 heavy (non-hydrogen) atoms. The van der Waals surface area contributed by atoms with E-state index in [1.54, 1.807) is 19.1 Å². The third-order valence-electron chi connectivity index (χ3n) is 3.09. The van der Waals surface area contributed by atoms with Crippen molar-refractivity contribution >= 4 is 5.69 Å². The van der Waals surface area contributed by atoms with Gasteiger partial charge in [-0.05, 0) is 26.0 Å². The van der Waals surface area contributed by atoms with Crippen LogP contribution in [0.2, 0.25) is 0 Å². The van der Waals surface area contributed by atoms with Crippen molar-refractivity contribution in [3.63, 3.8) is 0 Å². The Labute approximate surface area is 99.9 Å². The van der Waals surface area contributed by atoms with Crippen LogP contribution in [0.15, 0.2) is 18.2 Å². The quantitative estimate of drug-likeness (QED) is 0.640. The number of nitro groups is 1. The third kappa shape index (κ3) is 2.74. The van der Waals surface area contributed by atoms with Gasteiger partial charge in [0.05, 0.1) is 17.1 Å². The third-order valence-corrected chi connectivity index (χ3v) is 3.09. The summed E-state index contributed by atoms with van der Waals surface area (Å²) < 4.78 is 5.67. The van der Waals surface area contributed by atoms with E-state index >= 15 is 0 Å². The van der Waals surface area contributed by atoms with Gasteiger partial charge >= 0.3 is 0 Å². The van der Waals surface area contributed by atoms with Crippen LogP contribution in [0, 0.1) is 23.0 Å². The van der Waals surface area contributed by atoms with Crippen LogP contribution < -0.4 is 10.1 Å². The molecule has 0 aliphatic carbocycles. The Hall–Kier alpha value is -1.62. The average molecular weight is 236 g/mol. The lowest BCUT2D eigenvalue weighted by Gasteiger charge is -2.12. The maximum Gasteiger partial charge on any atom is 0.276 e. The maximum absolute atomic E-state index is 10.8. The molecule has 0 radical (unpaired) electrons. The van der Waals surface area contributed by atoms with Crippen molar-refractivity contribution in [2.75, 3.05) is 19.7 Å². The average Bonchev–Trinajstić information content (AvgIpc) is 2.80. The Morgan fingerprint density at radius 1 is 1.59 bits per heavy atom. The van der Waals surface area contributed by atoms with Gasteiger partial charge in [-0.3, -0.25) is 10.1 Å². The summed E-state index contributed by atoms with van der Waals surface area (Å²) in [6.07, 6.45) is 1.11. The molecule has 1 aliphatic heterocycles. The zero-order chi connectivity index (χ0) is 12.3. The summed E-state index contributed by atoms with van der Waals surface area (Å²) in [6.45, 7) is 4.34. The van der Waals surface area contributed by atoms with Gasteiger partial charge < -0.3 is 10.1 Å².